The smallest absolute Gasteiger partial charge is 0.0790 e. The summed E-state index contributed by atoms with van der Waals surface area (Å²) in [5.41, 5.74) is -0.665. The van der Waals surface area contributed by atoms with Gasteiger partial charge in [0.2, 0.25) is 0 Å². The van der Waals surface area contributed by atoms with Crippen LogP contribution in [0.5, 0.6) is 0 Å². The summed E-state index contributed by atoms with van der Waals surface area (Å²) in [7, 11) is 1.89. The molecule has 4 heteroatoms. The van der Waals surface area contributed by atoms with Crippen molar-refractivity contribution in [2.45, 2.75) is 88.9 Å². The molecule has 7 unspecified atom stereocenters. The molecule has 6 fully saturated rings. The van der Waals surface area contributed by atoms with E-state index in [1.807, 2.05) is 7.11 Å². The van der Waals surface area contributed by atoms with E-state index in [9.17, 15) is 15.5 Å². The van der Waals surface area contributed by atoms with Gasteiger partial charge in [-0.3, -0.25) is 0 Å². The predicted octanol–water partition coefficient (Wildman–Crippen LogP) is 3.91. The molecule has 6 saturated carbocycles. The predicted molar refractivity (Wildman–Crippen MR) is 109 cm³/mol. The first-order chi connectivity index (χ1) is 13.8. The Labute approximate surface area is 175 Å². The van der Waals surface area contributed by atoms with Crippen LogP contribution >= 0.6 is 0 Å². The number of aliphatic hydroxyl groups excluding tert-OH is 1. The molecule has 160 valence electrons. The van der Waals surface area contributed by atoms with Gasteiger partial charge in [-0.2, -0.15) is 5.26 Å². The van der Waals surface area contributed by atoms with Crippen LogP contribution < -0.4 is 0 Å². The van der Waals surface area contributed by atoms with Gasteiger partial charge in [0.05, 0.1) is 23.4 Å². The number of aliphatic hydroxyl groups is 2. The molecule has 0 heterocycles. The van der Waals surface area contributed by atoms with Gasteiger partial charge in [0.1, 0.15) is 0 Å². The molecule has 29 heavy (non-hydrogen) atoms. The first-order valence-corrected chi connectivity index (χ1v) is 12.1. The molecular formula is C25H37NO3. The van der Waals surface area contributed by atoms with Crippen molar-refractivity contribution in [2.75, 3.05) is 7.11 Å². The van der Waals surface area contributed by atoms with E-state index in [1.54, 1.807) is 0 Å². The van der Waals surface area contributed by atoms with E-state index >= 15 is 0 Å². The summed E-state index contributed by atoms with van der Waals surface area (Å²) in [6, 6.07) is 2.30. The maximum absolute atomic E-state index is 11.9. The van der Waals surface area contributed by atoms with Crippen LogP contribution in [0.1, 0.15) is 71.6 Å². The van der Waals surface area contributed by atoms with Crippen LogP contribution in [0.4, 0.5) is 0 Å². The van der Waals surface area contributed by atoms with Crippen molar-refractivity contribution in [3.8, 4) is 6.07 Å². The standard InChI is InChI=1S/C25H37NO3/c1-22-8-5-14(27)13-25(22,29-3)19-11-15(19)20-17(22)6-9-23(2)21(20)16-12-18(16)24(23,28)7-4-10-26/h14-21,27-28H,4-9,11-13H2,1-3H3/t14-,15?,16?,17?,18?,19?,20?,21?,22+,23-,24-,25+/m0/s1. The minimum Gasteiger partial charge on any atom is -0.393 e. The highest BCUT2D eigenvalue weighted by atomic mass is 16.5. The first kappa shape index (κ1) is 19.1. The third-order valence-electron chi connectivity index (χ3n) is 11.7. The van der Waals surface area contributed by atoms with Gasteiger partial charge in [-0.25, -0.2) is 0 Å². The van der Waals surface area contributed by atoms with Crippen LogP contribution in [-0.2, 0) is 4.74 Å². The third kappa shape index (κ3) is 1.98. The Kier molecular flexibility index (Phi) is 3.68. The van der Waals surface area contributed by atoms with E-state index in [-0.39, 0.29) is 22.5 Å². The van der Waals surface area contributed by atoms with Crippen molar-refractivity contribution < 1.29 is 14.9 Å². The molecule has 4 nitrogen and oxygen atoms in total. The fraction of sp³-hybridized carbons (Fsp3) is 0.960. The van der Waals surface area contributed by atoms with Gasteiger partial charge in [0.15, 0.2) is 0 Å². The monoisotopic (exact) mass is 399 g/mol. The van der Waals surface area contributed by atoms with Crippen LogP contribution in [0.3, 0.4) is 0 Å². The topological polar surface area (TPSA) is 73.5 Å². The summed E-state index contributed by atoms with van der Waals surface area (Å²) >= 11 is 0. The fourth-order valence-electron chi connectivity index (χ4n) is 10.4. The maximum atomic E-state index is 11.9. The summed E-state index contributed by atoms with van der Waals surface area (Å²) in [6.45, 7) is 4.86. The Morgan fingerprint density at radius 2 is 1.76 bits per heavy atom. The number of methoxy groups -OCH3 is 1. The SMILES string of the molecule is CO[C@@]12C[C@@H](O)CC[C@]1(C)C1CC[C@@]3(C)C(C4CC4[C@@]3(O)CCC#N)C1C1CC12. The zero-order valence-electron chi connectivity index (χ0n) is 18.2. The van der Waals surface area contributed by atoms with E-state index in [0.29, 0.717) is 54.3 Å². The molecule has 0 aliphatic heterocycles. The molecule has 6 rings (SSSR count). The number of nitrogens with zero attached hydrogens (tertiary/aromatic N) is 1. The molecule has 0 spiro atoms. The maximum Gasteiger partial charge on any atom is 0.0790 e. The molecule has 0 bridgehead atoms. The van der Waals surface area contributed by atoms with Gasteiger partial charge in [0.25, 0.3) is 0 Å². The largest absolute Gasteiger partial charge is 0.393 e. The second-order valence-electron chi connectivity index (χ2n) is 12.2. The van der Waals surface area contributed by atoms with E-state index in [1.165, 1.54) is 19.3 Å². The van der Waals surface area contributed by atoms with Gasteiger partial charge in [0, 0.05) is 30.8 Å². The molecule has 12 atom stereocenters. The lowest BCUT2D eigenvalue weighted by molar-refractivity contribution is -0.247. The molecule has 0 saturated heterocycles. The Hall–Kier alpha value is -0.630. The van der Waals surface area contributed by atoms with Gasteiger partial charge in [-0.15, -0.1) is 0 Å². The van der Waals surface area contributed by atoms with Crippen LogP contribution in [0, 0.1) is 63.6 Å². The summed E-state index contributed by atoms with van der Waals surface area (Å²) in [4.78, 5) is 0. The summed E-state index contributed by atoms with van der Waals surface area (Å²) in [6.07, 6.45) is 8.39. The number of nitriles is 1. The van der Waals surface area contributed by atoms with Gasteiger partial charge in [-0.1, -0.05) is 13.8 Å². The average Bonchev–Trinajstić information content (AvgIpc) is 3.60. The highest BCUT2D eigenvalue weighted by Crippen LogP contribution is 2.82. The van der Waals surface area contributed by atoms with Crippen molar-refractivity contribution in [1.29, 1.82) is 5.26 Å². The second kappa shape index (κ2) is 5.59. The molecule has 6 aliphatic rings. The van der Waals surface area contributed by atoms with E-state index in [0.717, 1.165) is 25.7 Å². The zero-order valence-corrected chi connectivity index (χ0v) is 18.2. The van der Waals surface area contributed by atoms with Crippen molar-refractivity contribution in [3.05, 3.63) is 0 Å². The summed E-state index contributed by atoms with van der Waals surface area (Å²) < 4.78 is 6.38. The lowest BCUT2D eigenvalue weighted by atomic mass is 9.42. The Morgan fingerprint density at radius 3 is 2.48 bits per heavy atom. The molecule has 0 amide bonds. The molecule has 2 N–H and O–H groups in total. The highest BCUT2D eigenvalue weighted by molar-refractivity contribution is 5.30. The minimum absolute atomic E-state index is 0.0245. The Morgan fingerprint density at radius 1 is 1.03 bits per heavy atom. The van der Waals surface area contributed by atoms with E-state index in [4.69, 9.17) is 4.74 Å². The van der Waals surface area contributed by atoms with Crippen LogP contribution in [0.15, 0.2) is 0 Å². The van der Waals surface area contributed by atoms with Crippen LogP contribution in [0.25, 0.3) is 0 Å². The van der Waals surface area contributed by atoms with E-state index < -0.39 is 5.60 Å². The number of rotatable bonds is 3. The minimum atomic E-state index is -0.632. The molecule has 0 radical (unpaired) electrons. The quantitative estimate of drug-likeness (QED) is 0.755. The molecule has 6 aliphatic carbocycles. The van der Waals surface area contributed by atoms with Crippen LogP contribution in [0.2, 0.25) is 0 Å². The first-order valence-electron chi connectivity index (χ1n) is 12.1. The lowest BCUT2D eigenvalue weighted by Gasteiger charge is -2.65. The normalized spacial score (nSPS) is 64.0. The second-order valence-corrected chi connectivity index (χ2v) is 12.2. The van der Waals surface area contributed by atoms with Crippen LogP contribution in [-0.4, -0.2) is 34.6 Å². The van der Waals surface area contributed by atoms with Crippen molar-refractivity contribution in [1.82, 2.24) is 0 Å². The van der Waals surface area contributed by atoms with Crippen molar-refractivity contribution in [3.63, 3.8) is 0 Å². The Bertz CT molecular complexity index is 779. The summed E-state index contributed by atoms with van der Waals surface area (Å²) in [5.74, 6) is 4.36. The molecule has 0 aromatic heterocycles. The summed E-state index contributed by atoms with van der Waals surface area (Å²) in [5, 5.41) is 31.6. The highest BCUT2D eigenvalue weighted by Gasteiger charge is 2.81. The fourth-order valence-corrected chi connectivity index (χ4v) is 10.4. The number of fused-ring (bicyclic) bond motifs is 10. The van der Waals surface area contributed by atoms with E-state index in [2.05, 4.69) is 19.9 Å². The number of hydrogen-bond acceptors (Lipinski definition) is 4. The molecular weight excluding hydrogens is 362 g/mol. The third-order valence-corrected chi connectivity index (χ3v) is 11.7. The molecule has 0 aromatic rings. The zero-order chi connectivity index (χ0) is 20.4. The van der Waals surface area contributed by atoms with Crippen molar-refractivity contribution >= 4 is 0 Å². The van der Waals surface area contributed by atoms with Gasteiger partial charge in [-0.05, 0) is 86.4 Å². The Balaban J connectivity index is 1.40. The average molecular weight is 400 g/mol. The van der Waals surface area contributed by atoms with Gasteiger partial charge >= 0.3 is 0 Å². The number of hydrogen-bond donors (Lipinski definition) is 2. The van der Waals surface area contributed by atoms with Gasteiger partial charge < -0.3 is 14.9 Å². The molecule has 0 aromatic carbocycles. The number of ether oxygens (including phenoxy) is 1. The van der Waals surface area contributed by atoms with Crippen molar-refractivity contribution in [2.24, 2.45) is 52.3 Å². The lowest BCUT2D eigenvalue weighted by Crippen LogP contribution is -2.66.